The Morgan fingerprint density at radius 3 is 2.79 bits per heavy atom. The van der Waals surface area contributed by atoms with Crippen LogP contribution in [-0.4, -0.2) is 22.1 Å². The van der Waals surface area contributed by atoms with Crippen LogP contribution in [0.25, 0.3) is 0 Å². The molecule has 1 fully saturated rings. The molecule has 74 valence electrons. The molecule has 0 aromatic carbocycles. The summed E-state index contributed by atoms with van der Waals surface area (Å²) in [6.45, 7) is 2.10. The van der Waals surface area contributed by atoms with Crippen molar-refractivity contribution in [2.45, 2.75) is 19.4 Å². The Bertz CT molecular complexity index is 352. The van der Waals surface area contributed by atoms with Crippen LogP contribution in [-0.2, 0) is 0 Å². The second-order valence-electron chi connectivity index (χ2n) is 3.53. The molecule has 0 aliphatic heterocycles. The fourth-order valence-electron chi connectivity index (χ4n) is 1.20. The van der Waals surface area contributed by atoms with E-state index in [2.05, 4.69) is 22.4 Å². The number of hydrogen-bond donors (Lipinski definition) is 1. The number of amides is 1. The molecule has 1 N–H and O–H groups in total. The molecule has 4 nitrogen and oxygen atoms in total. The van der Waals surface area contributed by atoms with Crippen molar-refractivity contribution >= 4 is 17.5 Å². The summed E-state index contributed by atoms with van der Waals surface area (Å²) in [7, 11) is 0. The van der Waals surface area contributed by atoms with Crippen LogP contribution in [0.4, 0.5) is 0 Å². The van der Waals surface area contributed by atoms with Gasteiger partial charge in [-0.25, -0.2) is 0 Å². The maximum Gasteiger partial charge on any atom is 0.272 e. The van der Waals surface area contributed by atoms with Crippen molar-refractivity contribution in [1.29, 1.82) is 0 Å². The predicted molar refractivity (Wildman–Crippen MR) is 52.1 cm³/mol. The molecule has 14 heavy (non-hydrogen) atoms. The molecule has 0 saturated heterocycles. The minimum absolute atomic E-state index is 0.177. The lowest BCUT2D eigenvalue weighted by molar-refractivity contribution is 0.0943. The largest absolute Gasteiger partial charge is 0.348 e. The summed E-state index contributed by atoms with van der Waals surface area (Å²) in [6.07, 6.45) is 1.05. The van der Waals surface area contributed by atoms with Crippen LogP contribution in [0.5, 0.6) is 0 Å². The topological polar surface area (TPSA) is 54.9 Å². The number of halogens is 1. The molecular formula is C9H10ClN3O. The van der Waals surface area contributed by atoms with Crippen molar-refractivity contribution in [3.63, 3.8) is 0 Å². The van der Waals surface area contributed by atoms with Gasteiger partial charge < -0.3 is 5.32 Å². The van der Waals surface area contributed by atoms with Crippen molar-refractivity contribution in [3.8, 4) is 0 Å². The molecule has 1 amide bonds. The number of nitrogens with one attached hydrogen (secondary N) is 1. The normalized spacial score (nSPS) is 24.4. The molecule has 1 heterocycles. The fraction of sp³-hybridized carbons (Fsp3) is 0.444. The van der Waals surface area contributed by atoms with Gasteiger partial charge in [-0.3, -0.25) is 4.79 Å². The summed E-state index contributed by atoms with van der Waals surface area (Å²) in [5, 5.41) is 10.4. The van der Waals surface area contributed by atoms with Crippen LogP contribution >= 0.6 is 11.6 Å². The van der Waals surface area contributed by atoms with Crippen molar-refractivity contribution in [3.05, 3.63) is 23.0 Å². The Kier molecular flexibility index (Phi) is 2.37. The molecule has 5 heteroatoms. The summed E-state index contributed by atoms with van der Waals surface area (Å²) in [4.78, 5) is 11.5. The van der Waals surface area contributed by atoms with Gasteiger partial charge in [0.05, 0.1) is 0 Å². The maximum absolute atomic E-state index is 11.5. The van der Waals surface area contributed by atoms with Crippen LogP contribution in [0.1, 0.15) is 23.8 Å². The zero-order valence-corrected chi connectivity index (χ0v) is 8.45. The average Bonchev–Trinajstić information content (AvgIpc) is 2.82. The van der Waals surface area contributed by atoms with E-state index in [0.717, 1.165) is 6.42 Å². The molecule has 1 saturated carbocycles. The number of carbonyl (C=O) groups is 1. The van der Waals surface area contributed by atoms with Crippen LogP contribution in [0.15, 0.2) is 12.1 Å². The quantitative estimate of drug-likeness (QED) is 0.802. The van der Waals surface area contributed by atoms with Crippen molar-refractivity contribution in [1.82, 2.24) is 15.5 Å². The maximum atomic E-state index is 11.5. The molecule has 1 aromatic rings. The second-order valence-corrected chi connectivity index (χ2v) is 3.92. The molecule has 1 aliphatic carbocycles. The Hall–Kier alpha value is -1.16. The number of rotatable bonds is 2. The minimum atomic E-state index is -0.177. The van der Waals surface area contributed by atoms with Gasteiger partial charge in [0.25, 0.3) is 5.91 Å². The first-order valence-corrected chi connectivity index (χ1v) is 4.84. The standard InChI is InChI=1S/C9H10ClN3O/c1-5-4-7(5)11-9(14)6-2-3-8(10)13-12-6/h2-3,5,7H,4H2,1H3,(H,11,14). The zero-order valence-electron chi connectivity index (χ0n) is 7.70. The lowest BCUT2D eigenvalue weighted by atomic mass is 10.3. The predicted octanol–water partition coefficient (Wildman–Crippen LogP) is 1.27. The van der Waals surface area contributed by atoms with Crippen LogP contribution in [0.2, 0.25) is 5.15 Å². The van der Waals surface area contributed by atoms with E-state index in [4.69, 9.17) is 11.6 Å². The Morgan fingerprint density at radius 2 is 2.29 bits per heavy atom. The van der Waals surface area contributed by atoms with Crippen LogP contribution in [0.3, 0.4) is 0 Å². The Labute approximate surface area is 86.7 Å². The lowest BCUT2D eigenvalue weighted by Gasteiger charge is -2.01. The third kappa shape index (κ3) is 2.01. The number of hydrogen-bond acceptors (Lipinski definition) is 3. The molecular weight excluding hydrogens is 202 g/mol. The van der Waals surface area contributed by atoms with Crippen LogP contribution < -0.4 is 5.32 Å². The third-order valence-corrected chi connectivity index (χ3v) is 2.49. The highest BCUT2D eigenvalue weighted by atomic mass is 35.5. The van der Waals surface area contributed by atoms with Gasteiger partial charge in [-0.15, -0.1) is 10.2 Å². The first-order chi connectivity index (χ1) is 6.66. The van der Waals surface area contributed by atoms with Crippen molar-refractivity contribution < 1.29 is 4.79 Å². The van der Waals surface area contributed by atoms with Gasteiger partial charge in [-0.2, -0.15) is 0 Å². The summed E-state index contributed by atoms with van der Waals surface area (Å²) in [5.41, 5.74) is 0.313. The smallest absolute Gasteiger partial charge is 0.272 e. The molecule has 0 bridgehead atoms. The van der Waals surface area contributed by atoms with Gasteiger partial charge >= 0.3 is 0 Å². The highest BCUT2D eigenvalue weighted by Crippen LogP contribution is 2.29. The van der Waals surface area contributed by atoms with Crippen molar-refractivity contribution in [2.75, 3.05) is 0 Å². The van der Waals surface area contributed by atoms with Gasteiger partial charge in [0, 0.05) is 6.04 Å². The molecule has 0 radical (unpaired) electrons. The average molecular weight is 212 g/mol. The van der Waals surface area contributed by atoms with E-state index in [-0.39, 0.29) is 5.91 Å². The first-order valence-electron chi connectivity index (χ1n) is 4.47. The minimum Gasteiger partial charge on any atom is -0.348 e. The SMILES string of the molecule is CC1CC1NC(=O)c1ccc(Cl)nn1. The van der Waals surface area contributed by atoms with E-state index in [0.29, 0.717) is 22.8 Å². The number of nitrogens with zero attached hydrogens (tertiary/aromatic N) is 2. The summed E-state index contributed by atoms with van der Waals surface area (Å²) in [5.74, 6) is 0.405. The Morgan fingerprint density at radius 1 is 1.57 bits per heavy atom. The molecule has 1 aromatic heterocycles. The molecule has 0 spiro atoms. The second kappa shape index (κ2) is 3.53. The van der Waals surface area contributed by atoms with E-state index in [1.165, 1.54) is 0 Å². The first kappa shape index (κ1) is 9.40. The van der Waals surface area contributed by atoms with E-state index in [1.807, 2.05) is 0 Å². The van der Waals surface area contributed by atoms with Gasteiger partial charge in [-0.05, 0) is 24.5 Å². The highest BCUT2D eigenvalue weighted by Gasteiger charge is 2.34. The molecule has 2 atom stereocenters. The summed E-state index contributed by atoms with van der Waals surface area (Å²) in [6, 6.07) is 3.43. The monoisotopic (exact) mass is 211 g/mol. The molecule has 2 rings (SSSR count). The summed E-state index contributed by atoms with van der Waals surface area (Å²) < 4.78 is 0. The van der Waals surface area contributed by atoms with Crippen LogP contribution in [0, 0.1) is 5.92 Å². The fourth-order valence-corrected chi connectivity index (χ4v) is 1.30. The number of aromatic nitrogens is 2. The molecule has 1 aliphatic rings. The summed E-state index contributed by atoms with van der Waals surface area (Å²) >= 11 is 5.55. The van der Waals surface area contributed by atoms with E-state index in [9.17, 15) is 4.79 Å². The molecule has 2 unspecified atom stereocenters. The third-order valence-electron chi connectivity index (χ3n) is 2.29. The lowest BCUT2D eigenvalue weighted by Crippen LogP contribution is -2.27. The Balaban J connectivity index is 2.00. The van der Waals surface area contributed by atoms with Crippen molar-refractivity contribution in [2.24, 2.45) is 5.92 Å². The zero-order chi connectivity index (χ0) is 10.1. The van der Waals surface area contributed by atoms with Gasteiger partial charge in [0.1, 0.15) is 0 Å². The van der Waals surface area contributed by atoms with Gasteiger partial charge in [-0.1, -0.05) is 18.5 Å². The van der Waals surface area contributed by atoms with Gasteiger partial charge in [0.15, 0.2) is 10.8 Å². The van der Waals surface area contributed by atoms with E-state index >= 15 is 0 Å². The van der Waals surface area contributed by atoms with E-state index < -0.39 is 0 Å². The van der Waals surface area contributed by atoms with E-state index in [1.54, 1.807) is 12.1 Å². The number of carbonyl (C=O) groups excluding carboxylic acids is 1. The highest BCUT2D eigenvalue weighted by molar-refractivity contribution is 6.29. The van der Waals surface area contributed by atoms with Gasteiger partial charge in [0.2, 0.25) is 0 Å².